The average molecular weight is 442 g/mol. The van der Waals surface area contributed by atoms with E-state index in [-0.39, 0.29) is 17.0 Å². The normalized spacial score (nSPS) is 11.8. The average Bonchev–Trinajstić information content (AvgIpc) is 2.67. The van der Waals surface area contributed by atoms with Crippen molar-refractivity contribution < 1.29 is 32.2 Å². The van der Waals surface area contributed by atoms with E-state index in [1.807, 2.05) is 0 Å². The fraction of sp³-hybridized carbons (Fsp3) is 0.100. The van der Waals surface area contributed by atoms with Crippen molar-refractivity contribution in [3.63, 3.8) is 0 Å². The van der Waals surface area contributed by atoms with Gasteiger partial charge in [0.1, 0.15) is 33.0 Å². The van der Waals surface area contributed by atoms with Crippen LogP contribution in [0.1, 0.15) is 21.5 Å². The molecule has 4 radical (unpaired) electrons. The first kappa shape index (κ1) is 23.1. The number of aromatic amines is 1. The molecular weight excluding hydrogens is 430 g/mol. The van der Waals surface area contributed by atoms with Crippen molar-refractivity contribution in [2.24, 2.45) is 0 Å². The number of alkyl halides is 3. The van der Waals surface area contributed by atoms with Crippen molar-refractivity contribution in [2.45, 2.75) is 11.6 Å². The molecule has 160 valence electrons. The summed E-state index contributed by atoms with van der Waals surface area (Å²) in [6, 6.07) is 7.09. The van der Waals surface area contributed by atoms with Crippen LogP contribution >= 0.6 is 0 Å². The Labute approximate surface area is 181 Å². The quantitative estimate of drug-likeness (QED) is 0.419. The number of anilines is 1. The molecule has 3 aromatic rings. The molecule has 0 aliphatic carbocycles. The van der Waals surface area contributed by atoms with Crippen LogP contribution in [0.5, 0.6) is 11.5 Å². The molecular formula is C20H12B2F4N2O4. The summed E-state index contributed by atoms with van der Waals surface area (Å²) >= 11 is 0. The van der Waals surface area contributed by atoms with Crippen LogP contribution in [-0.4, -0.2) is 31.7 Å². The van der Waals surface area contributed by atoms with E-state index in [0.717, 1.165) is 30.3 Å². The second-order valence-electron chi connectivity index (χ2n) is 6.67. The first-order chi connectivity index (χ1) is 14.8. The Bertz CT molecular complexity index is 1220. The van der Waals surface area contributed by atoms with Gasteiger partial charge in [-0.25, -0.2) is 4.39 Å². The summed E-state index contributed by atoms with van der Waals surface area (Å²) in [4.78, 5) is 26.4. The number of H-pyrrole nitrogens is 1. The number of halogens is 4. The number of rotatable bonds is 5. The largest absolute Gasteiger partial charge is 0.456 e. The number of amides is 1. The lowest BCUT2D eigenvalue weighted by atomic mass is 9.61. The van der Waals surface area contributed by atoms with E-state index in [4.69, 9.17) is 20.4 Å². The molecule has 0 atom stereocenters. The Kier molecular flexibility index (Phi) is 6.18. The highest BCUT2D eigenvalue weighted by Gasteiger charge is 2.32. The lowest BCUT2D eigenvalue weighted by Crippen LogP contribution is -2.26. The molecule has 2 aromatic carbocycles. The van der Waals surface area contributed by atoms with Gasteiger partial charge < -0.3 is 20.1 Å². The van der Waals surface area contributed by atoms with Crippen LogP contribution < -0.4 is 15.6 Å². The minimum Gasteiger partial charge on any atom is -0.456 e. The molecule has 32 heavy (non-hydrogen) atoms. The molecule has 0 spiro atoms. The van der Waals surface area contributed by atoms with Gasteiger partial charge in [0.15, 0.2) is 0 Å². The highest BCUT2D eigenvalue weighted by Crippen LogP contribution is 2.37. The molecule has 0 unspecified atom stereocenters. The zero-order chi connectivity index (χ0) is 23.7. The Morgan fingerprint density at radius 3 is 2.38 bits per heavy atom. The maximum Gasteiger partial charge on any atom is 0.416 e. The van der Waals surface area contributed by atoms with Crippen molar-refractivity contribution in [2.75, 3.05) is 5.32 Å². The number of benzene rings is 2. The smallest absolute Gasteiger partial charge is 0.416 e. The van der Waals surface area contributed by atoms with Crippen molar-refractivity contribution in [3.8, 4) is 11.5 Å². The van der Waals surface area contributed by atoms with Crippen LogP contribution in [0, 0.1) is 5.82 Å². The van der Waals surface area contributed by atoms with E-state index < -0.39 is 45.7 Å². The maximum atomic E-state index is 13.6. The number of pyridine rings is 1. The SMILES string of the molecule is [B]C([B])(O)c1cc(F)ccc1Oc1cc(C(F)(F)F)ccc1C(=O)Nc1cc[nH]c(=O)c1. The molecule has 0 saturated carbocycles. The summed E-state index contributed by atoms with van der Waals surface area (Å²) in [6.07, 6.45) is -3.51. The second kappa shape index (κ2) is 8.54. The monoisotopic (exact) mass is 442 g/mol. The Morgan fingerprint density at radius 1 is 1.03 bits per heavy atom. The Balaban J connectivity index is 2.07. The number of hydrogen-bond acceptors (Lipinski definition) is 4. The minimum atomic E-state index is -4.77. The first-order valence-electron chi connectivity index (χ1n) is 8.84. The van der Waals surface area contributed by atoms with Crippen LogP contribution in [0.25, 0.3) is 0 Å². The fourth-order valence-corrected chi connectivity index (χ4v) is 2.71. The van der Waals surface area contributed by atoms with Crippen molar-refractivity contribution in [3.05, 3.63) is 87.6 Å². The van der Waals surface area contributed by atoms with Gasteiger partial charge in [0.05, 0.1) is 11.1 Å². The van der Waals surface area contributed by atoms with Gasteiger partial charge in [-0.3, -0.25) is 9.59 Å². The molecule has 3 N–H and O–H groups in total. The van der Waals surface area contributed by atoms with Gasteiger partial charge in [-0.1, -0.05) is 0 Å². The number of carbonyl (C=O) groups is 1. The van der Waals surface area contributed by atoms with Crippen molar-refractivity contribution in [1.82, 2.24) is 4.98 Å². The lowest BCUT2D eigenvalue weighted by Gasteiger charge is -2.23. The molecule has 3 rings (SSSR count). The summed E-state index contributed by atoms with van der Waals surface area (Å²) in [6.45, 7) is 0. The van der Waals surface area contributed by atoms with Crippen LogP contribution in [0.4, 0.5) is 23.2 Å². The summed E-state index contributed by atoms with van der Waals surface area (Å²) < 4.78 is 58.7. The summed E-state index contributed by atoms with van der Waals surface area (Å²) in [5, 5.41) is 9.64. The van der Waals surface area contributed by atoms with E-state index >= 15 is 0 Å². The third-order valence-corrected chi connectivity index (χ3v) is 4.18. The van der Waals surface area contributed by atoms with Gasteiger partial charge >= 0.3 is 6.18 Å². The van der Waals surface area contributed by atoms with Gasteiger partial charge in [0.25, 0.3) is 5.91 Å². The number of aromatic nitrogens is 1. The highest BCUT2D eigenvalue weighted by atomic mass is 19.4. The molecule has 1 heterocycles. The van der Waals surface area contributed by atoms with Crippen LogP contribution in [0.2, 0.25) is 0 Å². The first-order valence-corrected chi connectivity index (χ1v) is 8.84. The second-order valence-corrected chi connectivity index (χ2v) is 6.67. The molecule has 0 fully saturated rings. The predicted octanol–water partition coefficient (Wildman–Crippen LogP) is 3.02. The molecule has 0 bridgehead atoms. The van der Waals surface area contributed by atoms with Gasteiger partial charge in [-0.2, -0.15) is 13.2 Å². The van der Waals surface area contributed by atoms with E-state index in [0.29, 0.717) is 12.1 Å². The molecule has 1 aromatic heterocycles. The fourth-order valence-electron chi connectivity index (χ4n) is 2.71. The van der Waals surface area contributed by atoms with Crippen LogP contribution in [0.3, 0.4) is 0 Å². The van der Waals surface area contributed by atoms with Gasteiger partial charge in [0, 0.05) is 28.9 Å². The molecule has 0 aliphatic rings. The molecule has 0 aliphatic heterocycles. The molecule has 0 saturated heterocycles. The number of nitrogens with one attached hydrogen (secondary N) is 2. The number of hydrogen-bond donors (Lipinski definition) is 3. The Morgan fingerprint density at radius 2 is 1.75 bits per heavy atom. The lowest BCUT2D eigenvalue weighted by molar-refractivity contribution is -0.137. The summed E-state index contributed by atoms with van der Waals surface area (Å²) in [5.74, 6) is -2.72. The van der Waals surface area contributed by atoms with Gasteiger partial charge in [0.2, 0.25) is 5.56 Å². The Hall–Kier alpha value is -3.53. The zero-order valence-electron chi connectivity index (χ0n) is 16.0. The van der Waals surface area contributed by atoms with E-state index in [1.165, 1.54) is 12.3 Å². The van der Waals surface area contributed by atoms with Gasteiger partial charge in [-0.05, 0) is 42.5 Å². The number of ether oxygens (including phenoxy) is 1. The standard InChI is InChI=1S/C20H12B2F4N2O4/c21-19(22,31)14-8-11(23)2-4-15(14)32-16-7-10(20(24,25)26)1-3-13(16)18(30)28-12-5-6-27-17(29)9-12/h1-9,31H,(H2,27,28,29,30). The molecule has 1 amide bonds. The topological polar surface area (TPSA) is 91.4 Å². The molecule has 6 nitrogen and oxygen atoms in total. The zero-order valence-corrected chi connectivity index (χ0v) is 16.0. The van der Waals surface area contributed by atoms with E-state index in [2.05, 4.69) is 10.3 Å². The molecule has 12 heteroatoms. The number of carbonyl (C=O) groups excluding carboxylic acids is 1. The third kappa shape index (κ3) is 5.38. The summed E-state index contributed by atoms with van der Waals surface area (Å²) in [7, 11) is 10.8. The van der Waals surface area contributed by atoms with Crippen molar-refractivity contribution >= 4 is 27.3 Å². The maximum absolute atomic E-state index is 13.6. The highest BCUT2D eigenvalue weighted by molar-refractivity contribution is 6.38. The number of aliphatic hydroxyl groups is 1. The van der Waals surface area contributed by atoms with Crippen LogP contribution in [0.15, 0.2) is 59.5 Å². The van der Waals surface area contributed by atoms with Crippen LogP contribution in [-0.2, 0) is 11.6 Å². The third-order valence-electron chi connectivity index (χ3n) is 4.18. The van der Waals surface area contributed by atoms with Gasteiger partial charge in [-0.15, -0.1) is 0 Å². The van der Waals surface area contributed by atoms with E-state index in [1.54, 1.807) is 0 Å². The van der Waals surface area contributed by atoms with E-state index in [9.17, 15) is 32.3 Å². The van der Waals surface area contributed by atoms with Crippen molar-refractivity contribution in [1.29, 1.82) is 0 Å². The summed E-state index contributed by atoms with van der Waals surface area (Å²) in [5.41, 5.74) is -2.42. The predicted molar refractivity (Wildman–Crippen MR) is 108 cm³/mol. The minimum absolute atomic E-state index is 0.0744.